The van der Waals surface area contributed by atoms with Crippen LogP contribution in [-0.2, 0) is 4.74 Å². The van der Waals surface area contributed by atoms with Gasteiger partial charge in [-0.25, -0.2) is 14.2 Å². The van der Waals surface area contributed by atoms with E-state index in [0.717, 1.165) is 27.7 Å². The number of benzene rings is 2. The number of amides is 1. The molecular formula is C18H15FN2O2. The Labute approximate surface area is 132 Å². The Morgan fingerprint density at radius 2 is 1.96 bits per heavy atom. The number of aryl methyl sites for hydroxylation is 1. The van der Waals surface area contributed by atoms with Crippen LogP contribution in [0.25, 0.3) is 22.2 Å². The number of aromatic nitrogens is 1. The molecule has 1 N–H and O–H groups in total. The summed E-state index contributed by atoms with van der Waals surface area (Å²) in [6.07, 6.45) is -0.508. The van der Waals surface area contributed by atoms with Crippen LogP contribution >= 0.6 is 0 Å². The predicted molar refractivity (Wildman–Crippen MR) is 87.9 cm³/mol. The van der Waals surface area contributed by atoms with Gasteiger partial charge in [0.15, 0.2) is 0 Å². The zero-order chi connectivity index (χ0) is 16.4. The summed E-state index contributed by atoms with van der Waals surface area (Å²) < 4.78 is 17.8. The Hall–Kier alpha value is -2.95. The summed E-state index contributed by atoms with van der Waals surface area (Å²) >= 11 is 0. The molecule has 0 atom stereocenters. The molecule has 23 heavy (non-hydrogen) atoms. The summed E-state index contributed by atoms with van der Waals surface area (Å²) in [4.78, 5) is 15.8. The fourth-order valence-corrected chi connectivity index (χ4v) is 2.38. The van der Waals surface area contributed by atoms with E-state index in [4.69, 9.17) is 0 Å². The van der Waals surface area contributed by atoms with Crippen molar-refractivity contribution in [2.75, 3.05) is 12.4 Å². The van der Waals surface area contributed by atoms with Crippen molar-refractivity contribution in [1.82, 2.24) is 4.98 Å². The maximum atomic E-state index is 13.2. The lowest BCUT2D eigenvalue weighted by molar-refractivity contribution is 0.187. The Bertz CT molecular complexity index is 893. The molecule has 0 radical (unpaired) electrons. The number of anilines is 1. The number of carbonyl (C=O) groups excluding carboxylic acids is 1. The van der Waals surface area contributed by atoms with E-state index in [2.05, 4.69) is 15.0 Å². The number of nitrogens with one attached hydrogen (secondary N) is 1. The number of rotatable bonds is 2. The SMILES string of the molecule is COC(=O)Nc1ccc(-c2ccc3cc(F)ccc3n2)cc1C. The van der Waals surface area contributed by atoms with Gasteiger partial charge < -0.3 is 4.74 Å². The van der Waals surface area contributed by atoms with Gasteiger partial charge in [-0.1, -0.05) is 12.1 Å². The summed E-state index contributed by atoms with van der Waals surface area (Å²) in [5.41, 5.74) is 4.02. The Morgan fingerprint density at radius 1 is 1.13 bits per heavy atom. The molecule has 3 rings (SSSR count). The molecule has 2 aromatic carbocycles. The van der Waals surface area contributed by atoms with Crippen molar-refractivity contribution in [2.45, 2.75) is 6.92 Å². The molecule has 0 aliphatic heterocycles. The van der Waals surface area contributed by atoms with Crippen molar-refractivity contribution in [3.05, 3.63) is 59.9 Å². The van der Waals surface area contributed by atoms with Gasteiger partial charge in [0, 0.05) is 16.6 Å². The van der Waals surface area contributed by atoms with E-state index in [1.807, 2.05) is 31.2 Å². The molecule has 1 aromatic heterocycles. The third kappa shape index (κ3) is 3.13. The molecule has 0 bridgehead atoms. The van der Waals surface area contributed by atoms with E-state index in [1.54, 1.807) is 12.1 Å². The average molecular weight is 310 g/mol. The first-order valence-corrected chi connectivity index (χ1v) is 7.09. The van der Waals surface area contributed by atoms with Crippen molar-refractivity contribution in [3.63, 3.8) is 0 Å². The Balaban J connectivity index is 1.97. The lowest BCUT2D eigenvalue weighted by Gasteiger charge is -2.10. The fourth-order valence-electron chi connectivity index (χ4n) is 2.38. The van der Waals surface area contributed by atoms with Crippen LogP contribution in [0, 0.1) is 12.7 Å². The summed E-state index contributed by atoms with van der Waals surface area (Å²) in [7, 11) is 1.32. The van der Waals surface area contributed by atoms with E-state index in [9.17, 15) is 9.18 Å². The number of halogens is 1. The second-order valence-corrected chi connectivity index (χ2v) is 5.18. The highest BCUT2D eigenvalue weighted by molar-refractivity contribution is 5.86. The van der Waals surface area contributed by atoms with Crippen LogP contribution in [0.3, 0.4) is 0 Å². The van der Waals surface area contributed by atoms with Crippen LogP contribution in [0.5, 0.6) is 0 Å². The molecular weight excluding hydrogens is 295 g/mol. The molecule has 1 amide bonds. The topological polar surface area (TPSA) is 51.2 Å². The molecule has 0 aliphatic rings. The van der Waals surface area contributed by atoms with Gasteiger partial charge in [0.05, 0.1) is 18.3 Å². The zero-order valence-corrected chi connectivity index (χ0v) is 12.8. The molecule has 0 unspecified atom stereocenters. The molecule has 5 heteroatoms. The lowest BCUT2D eigenvalue weighted by Crippen LogP contribution is -2.11. The average Bonchev–Trinajstić information content (AvgIpc) is 2.56. The predicted octanol–water partition coefficient (Wildman–Crippen LogP) is 4.53. The van der Waals surface area contributed by atoms with Gasteiger partial charge >= 0.3 is 6.09 Å². The van der Waals surface area contributed by atoms with Crippen LogP contribution in [0.1, 0.15) is 5.56 Å². The zero-order valence-electron chi connectivity index (χ0n) is 12.8. The van der Waals surface area contributed by atoms with E-state index >= 15 is 0 Å². The first kappa shape index (κ1) is 15.0. The summed E-state index contributed by atoms with van der Waals surface area (Å²) in [6.45, 7) is 1.89. The highest BCUT2D eigenvalue weighted by atomic mass is 19.1. The minimum absolute atomic E-state index is 0.277. The van der Waals surface area contributed by atoms with Gasteiger partial charge in [0.1, 0.15) is 5.82 Å². The standard InChI is InChI=1S/C18H15FN2O2/c1-11-9-12(3-6-15(11)21-18(22)23-2)16-7-4-13-10-14(19)5-8-17(13)20-16/h3-10H,1-2H3,(H,21,22). The molecule has 0 saturated carbocycles. The number of nitrogens with zero attached hydrogens (tertiary/aromatic N) is 1. The molecule has 3 aromatic rings. The smallest absolute Gasteiger partial charge is 0.411 e. The van der Waals surface area contributed by atoms with E-state index < -0.39 is 6.09 Å². The number of methoxy groups -OCH3 is 1. The van der Waals surface area contributed by atoms with Crippen molar-refractivity contribution >= 4 is 22.7 Å². The second-order valence-electron chi connectivity index (χ2n) is 5.18. The fraction of sp³-hybridized carbons (Fsp3) is 0.111. The Kier molecular flexibility index (Phi) is 3.93. The molecule has 0 saturated heterocycles. The molecule has 0 aliphatic carbocycles. The number of hydrogen-bond donors (Lipinski definition) is 1. The van der Waals surface area contributed by atoms with E-state index in [1.165, 1.54) is 19.2 Å². The van der Waals surface area contributed by atoms with Gasteiger partial charge in [0.2, 0.25) is 0 Å². The first-order chi connectivity index (χ1) is 11.1. The van der Waals surface area contributed by atoms with Gasteiger partial charge in [-0.3, -0.25) is 5.32 Å². The molecule has 0 fully saturated rings. The lowest BCUT2D eigenvalue weighted by atomic mass is 10.1. The summed E-state index contributed by atoms with van der Waals surface area (Å²) in [6, 6.07) is 13.8. The number of carbonyl (C=O) groups is 1. The van der Waals surface area contributed by atoms with Crippen molar-refractivity contribution in [1.29, 1.82) is 0 Å². The number of pyridine rings is 1. The van der Waals surface area contributed by atoms with E-state index in [0.29, 0.717) is 5.69 Å². The monoisotopic (exact) mass is 310 g/mol. The third-order valence-corrected chi connectivity index (χ3v) is 3.60. The van der Waals surface area contributed by atoms with Gasteiger partial charge in [-0.2, -0.15) is 0 Å². The maximum absolute atomic E-state index is 13.2. The van der Waals surface area contributed by atoms with Crippen LogP contribution in [0.2, 0.25) is 0 Å². The molecule has 116 valence electrons. The molecule has 4 nitrogen and oxygen atoms in total. The van der Waals surface area contributed by atoms with Gasteiger partial charge in [0.25, 0.3) is 0 Å². The highest BCUT2D eigenvalue weighted by Crippen LogP contribution is 2.25. The summed E-state index contributed by atoms with van der Waals surface area (Å²) in [5, 5.41) is 3.41. The largest absolute Gasteiger partial charge is 0.453 e. The van der Waals surface area contributed by atoms with Crippen molar-refractivity contribution < 1.29 is 13.9 Å². The van der Waals surface area contributed by atoms with Gasteiger partial charge in [-0.05, 0) is 48.9 Å². The van der Waals surface area contributed by atoms with Crippen LogP contribution < -0.4 is 5.32 Å². The van der Waals surface area contributed by atoms with Crippen LogP contribution in [-0.4, -0.2) is 18.2 Å². The normalized spacial score (nSPS) is 10.6. The molecule has 0 spiro atoms. The third-order valence-electron chi connectivity index (χ3n) is 3.60. The summed E-state index contributed by atoms with van der Waals surface area (Å²) in [5.74, 6) is -0.277. The second kappa shape index (κ2) is 6.04. The maximum Gasteiger partial charge on any atom is 0.411 e. The quantitative estimate of drug-likeness (QED) is 0.756. The van der Waals surface area contributed by atoms with Crippen molar-refractivity contribution in [2.24, 2.45) is 0 Å². The Morgan fingerprint density at radius 3 is 2.70 bits per heavy atom. The van der Waals surface area contributed by atoms with Crippen LogP contribution in [0.15, 0.2) is 48.5 Å². The van der Waals surface area contributed by atoms with Gasteiger partial charge in [-0.15, -0.1) is 0 Å². The van der Waals surface area contributed by atoms with Crippen molar-refractivity contribution in [3.8, 4) is 11.3 Å². The minimum Gasteiger partial charge on any atom is -0.453 e. The first-order valence-electron chi connectivity index (χ1n) is 7.09. The number of fused-ring (bicyclic) bond motifs is 1. The minimum atomic E-state index is -0.508. The number of hydrogen-bond acceptors (Lipinski definition) is 3. The van der Waals surface area contributed by atoms with E-state index in [-0.39, 0.29) is 5.82 Å². The molecule has 1 heterocycles. The number of ether oxygens (including phenoxy) is 1. The van der Waals surface area contributed by atoms with Crippen LogP contribution in [0.4, 0.5) is 14.9 Å². The highest BCUT2D eigenvalue weighted by Gasteiger charge is 2.07.